The molecule has 0 heterocycles. The Hall–Kier alpha value is -1.56. The molecule has 0 N–H and O–H groups in total. The minimum absolute atomic E-state index is 0.266. The molecule has 1 aliphatic carbocycles. The van der Waals surface area contributed by atoms with Crippen LogP contribution in [-0.4, -0.2) is 19.7 Å². The molecule has 1 aliphatic rings. The smallest absolute Gasteiger partial charge is 0.416 e. The number of benzene rings is 1. The molecule has 1 aromatic carbocycles. The first-order chi connectivity index (χ1) is 9.35. The van der Waals surface area contributed by atoms with Crippen LogP contribution >= 0.6 is 0 Å². The number of esters is 1. The number of carbonyl (C=O) groups is 1. The highest BCUT2D eigenvalue weighted by Crippen LogP contribution is 2.55. The van der Waals surface area contributed by atoms with Crippen LogP contribution in [0.15, 0.2) is 24.3 Å². The Morgan fingerprint density at radius 1 is 1.35 bits per heavy atom. The number of carbonyl (C=O) groups excluding carboxylic acids is 1. The number of halogens is 3. The molecule has 0 bridgehead atoms. The zero-order valence-corrected chi connectivity index (χ0v) is 11.2. The van der Waals surface area contributed by atoms with Crippen molar-refractivity contribution in [3.8, 4) is 0 Å². The van der Waals surface area contributed by atoms with Crippen LogP contribution in [0.2, 0.25) is 0 Å². The van der Waals surface area contributed by atoms with E-state index in [1.165, 1.54) is 19.2 Å². The fourth-order valence-electron chi connectivity index (χ4n) is 2.36. The summed E-state index contributed by atoms with van der Waals surface area (Å²) in [5.41, 5.74) is -1.01. The van der Waals surface area contributed by atoms with Gasteiger partial charge in [0.1, 0.15) is 5.60 Å². The van der Waals surface area contributed by atoms with Crippen LogP contribution in [0.5, 0.6) is 0 Å². The Morgan fingerprint density at radius 2 is 1.95 bits per heavy atom. The van der Waals surface area contributed by atoms with Gasteiger partial charge < -0.3 is 9.47 Å². The van der Waals surface area contributed by atoms with Crippen molar-refractivity contribution in [3.05, 3.63) is 35.4 Å². The zero-order valence-electron chi connectivity index (χ0n) is 11.2. The summed E-state index contributed by atoms with van der Waals surface area (Å²) in [7, 11) is 1.44. The summed E-state index contributed by atoms with van der Waals surface area (Å²) in [6.45, 7) is 1.97. The van der Waals surface area contributed by atoms with Gasteiger partial charge in [0.2, 0.25) is 0 Å². The SMILES string of the molecule is CCOC(=O)C1CC1(OC)c1ccc(C(F)(F)F)cc1. The van der Waals surface area contributed by atoms with Crippen molar-refractivity contribution in [1.29, 1.82) is 0 Å². The maximum Gasteiger partial charge on any atom is 0.416 e. The van der Waals surface area contributed by atoms with Crippen LogP contribution in [-0.2, 0) is 26.0 Å². The summed E-state index contributed by atoms with van der Waals surface area (Å²) in [5, 5.41) is 0. The fourth-order valence-corrected chi connectivity index (χ4v) is 2.36. The first kappa shape index (κ1) is 14.8. The summed E-state index contributed by atoms with van der Waals surface area (Å²) in [6, 6.07) is 4.70. The fraction of sp³-hybridized carbons (Fsp3) is 0.500. The Bertz CT molecular complexity index is 495. The molecular weight excluding hydrogens is 273 g/mol. The molecule has 20 heavy (non-hydrogen) atoms. The van der Waals surface area contributed by atoms with Crippen LogP contribution in [0.3, 0.4) is 0 Å². The van der Waals surface area contributed by atoms with Crippen LogP contribution in [0.25, 0.3) is 0 Å². The third-order valence-corrected chi connectivity index (χ3v) is 3.55. The van der Waals surface area contributed by atoms with E-state index in [9.17, 15) is 18.0 Å². The lowest BCUT2D eigenvalue weighted by Gasteiger charge is -2.17. The zero-order chi connectivity index (χ0) is 15.0. The molecular formula is C14H15F3O3. The Kier molecular flexibility index (Phi) is 3.77. The third kappa shape index (κ3) is 2.52. The molecule has 0 saturated heterocycles. The second kappa shape index (κ2) is 5.09. The number of ether oxygens (including phenoxy) is 2. The van der Waals surface area contributed by atoms with E-state index in [4.69, 9.17) is 9.47 Å². The van der Waals surface area contributed by atoms with E-state index < -0.39 is 23.3 Å². The summed E-state index contributed by atoms with van der Waals surface area (Å²) in [6.07, 6.45) is -3.95. The maximum absolute atomic E-state index is 12.5. The van der Waals surface area contributed by atoms with E-state index in [1.54, 1.807) is 6.92 Å². The van der Waals surface area contributed by atoms with Crippen molar-refractivity contribution in [1.82, 2.24) is 0 Å². The van der Waals surface area contributed by atoms with E-state index in [0.717, 1.165) is 12.1 Å². The molecule has 110 valence electrons. The average Bonchev–Trinajstić information content (AvgIpc) is 3.14. The Labute approximate surface area is 114 Å². The topological polar surface area (TPSA) is 35.5 Å². The van der Waals surface area contributed by atoms with Gasteiger partial charge in [-0.2, -0.15) is 13.2 Å². The lowest BCUT2D eigenvalue weighted by atomic mass is 10.0. The first-order valence-electron chi connectivity index (χ1n) is 6.24. The Morgan fingerprint density at radius 3 is 2.40 bits per heavy atom. The Balaban J connectivity index is 2.20. The molecule has 1 fully saturated rings. The van der Waals surface area contributed by atoms with Crippen LogP contribution < -0.4 is 0 Å². The maximum atomic E-state index is 12.5. The predicted molar refractivity (Wildman–Crippen MR) is 64.9 cm³/mol. The van der Waals surface area contributed by atoms with Crippen molar-refractivity contribution >= 4 is 5.97 Å². The van der Waals surface area contributed by atoms with Gasteiger partial charge in [-0.05, 0) is 31.0 Å². The predicted octanol–water partition coefficient (Wildman–Crippen LogP) is 3.13. The number of methoxy groups -OCH3 is 1. The second-order valence-electron chi connectivity index (χ2n) is 4.68. The molecule has 1 saturated carbocycles. The minimum atomic E-state index is -4.37. The minimum Gasteiger partial charge on any atom is -0.466 e. The quantitative estimate of drug-likeness (QED) is 0.798. The summed E-state index contributed by atoms with van der Waals surface area (Å²) in [4.78, 5) is 11.7. The first-order valence-corrected chi connectivity index (χ1v) is 6.24. The van der Waals surface area contributed by atoms with E-state index in [1.807, 2.05) is 0 Å². The molecule has 2 rings (SSSR count). The van der Waals surface area contributed by atoms with E-state index in [0.29, 0.717) is 12.0 Å². The van der Waals surface area contributed by atoms with Gasteiger partial charge in [0, 0.05) is 7.11 Å². The third-order valence-electron chi connectivity index (χ3n) is 3.55. The molecule has 0 aliphatic heterocycles. The van der Waals surface area contributed by atoms with Crippen LogP contribution in [0, 0.1) is 5.92 Å². The highest BCUT2D eigenvalue weighted by molar-refractivity contribution is 5.78. The van der Waals surface area contributed by atoms with E-state index >= 15 is 0 Å². The largest absolute Gasteiger partial charge is 0.466 e. The molecule has 0 spiro atoms. The van der Waals surface area contributed by atoms with Crippen LogP contribution in [0.1, 0.15) is 24.5 Å². The lowest BCUT2D eigenvalue weighted by molar-refractivity contribution is -0.147. The van der Waals surface area contributed by atoms with Gasteiger partial charge in [-0.3, -0.25) is 4.79 Å². The van der Waals surface area contributed by atoms with Crippen molar-refractivity contribution in [2.75, 3.05) is 13.7 Å². The number of hydrogen-bond acceptors (Lipinski definition) is 3. The van der Waals surface area contributed by atoms with Crippen LogP contribution in [0.4, 0.5) is 13.2 Å². The molecule has 0 amide bonds. The highest BCUT2D eigenvalue weighted by Gasteiger charge is 2.61. The van der Waals surface area contributed by atoms with Gasteiger partial charge in [-0.15, -0.1) is 0 Å². The number of alkyl halides is 3. The molecule has 1 aromatic rings. The second-order valence-corrected chi connectivity index (χ2v) is 4.68. The molecule has 2 atom stereocenters. The van der Waals surface area contributed by atoms with Crippen molar-refractivity contribution in [3.63, 3.8) is 0 Å². The number of hydrogen-bond donors (Lipinski definition) is 0. The average molecular weight is 288 g/mol. The normalized spacial score (nSPS) is 25.4. The monoisotopic (exact) mass is 288 g/mol. The van der Waals surface area contributed by atoms with Crippen molar-refractivity contribution < 1.29 is 27.4 Å². The van der Waals surface area contributed by atoms with Gasteiger partial charge in [0.15, 0.2) is 0 Å². The summed E-state index contributed by atoms with van der Waals surface area (Å²) >= 11 is 0. The highest BCUT2D eigenvalue weighted by atomic mass is 19.4. The van der Waals surface area contributed by atoms with Crippen molar-refractivity contribution in [2.45, 2.75) is 25.1 Å². The summed E-state index contributed by atoms with van der Waals surface area (Å²) in [5.74, 6) is -0.835. The molecule has 2 unspecified atom stereocenters. The lowest BCUT2D eigenvalue weighted by Crippen LogP contribution is -2.19. The van der Waals surface area contributed by atoms with Gasteiger partial charge in [0.25, 0.3) is 0 Å². The van der Waals surface area contributed by atoms with Crippen molar-refractivity contribution in [2.24, 2.45) is 5.92 Å². The van der Waals surface area contributed by atoms with Gasteiger partial charge in [-0.1, -0.05) is 12.1 Å². The number of rotatable bonds is 4. The van der Waals surface area contributed by atoms with Gasteiger partial charge >= 0.3 is 12.1 Å². The summed E-state index contributed by atoms with van der Waals surface area (Å²) < 4.78 is 47.8. The van der Waals surface area contributed by atoms with Gasteiger partial charge in [-0.25, -0.2) is 0 Å². The van der Waals surface area contributed by atoms with E-state index in [-0.39, 0.29) is 12.6 Å². The molecule has 0 aromatic heterocycles. The molecule has 3 nitrogen and oxygen atoms in total. The molecule has 0 radical (unpaired) electrons. The van der Waals surface area contributed by atoms with Gasteiger partial charge in [0.05, 0.1) is 18.1 Å². The molecule has 6 heteroatoms. The van der Waals surface area contributed by atoms with E-state index in [2.05, 4.69) is 0 Å². The standard InChI is InChI=1S/C14H15F3O3/c1-3-20-12(18)11-8-13(11,19-2)9-4-6-10(7-5-9)14(15,16)17/h4-7,11H,3,8H2,1-2H3.